The average Bonchev–Trinajstić information content (AvgIpc) is 2.15. The molecule has 0 unspecified atom stereocenters. The number of aromatic nitrogens is 2. The van der Waals surface area contributed by atoms with E-state index in [-0.39, 0.29) is 5.88 Å². The first-order valence-corrected chi connectivity index (χ1v) is 5.35. The number of terminal acetylenes is 1. The monoisotopic (exact) mass is 226 g/mol. The molecule has 0 fully saturated rings. The minimum atomic E-state index is -0.610. The van der Waals surface area contributed by atoms with Gasteiger partial charge in [0.25, 0.3) is 5.56 Å². The van der Waals surface area contributed by atoms with Crippen LogP contribution in [0.4, 0.5) is 0 Å². The third-order valence-corrected chi connectivity index (χ3v) is 2.50. The first-order valence-electron chi connectivity index (χ1n) is 4.19. The molecule has 0 saturated heterocycles. The molecule has 0 aliphatic carbocycles. The van der Waals surface area contributed by atoms with Crippen LogP contribution in [-0.2, 0) is 6.54 Å². The maximum Gasteiger partial charge on any atom is 0.331 e. The smallest absolute Gasteiger partial charge is 0.331 e. The van der Waals surface area contributed by atoms with Crippen molar-refractivity contribution in [3.63, 3.8) is 0 Å². The maximum atomic E-state index is 11.2. The highest BCUT2D eigenvalue weighted by molar-refractivity contribution is 7.99. The topological polar surface area (TPSA) is 75.1 Å². The van der Waals surface area contributed by atoms with Crippen LogP contribution in [0.15, 0.2) is 15.7 Å². The van der Waals surface area contributed by atoms with Crippen molar-refractivity contribution in [3.8, 4) is 18.2 Å². The summed E-state index contributed by atoms with van der Waals surface area (Å²) in [5.74, 6) is 3.27. The number of H-pyrrole nitrogens is 1. The molecule has 0 spiro atoms. The predicted molar refractivity (Wildman–Crippen MR) is 59.1 cm³/mol. The van der Waals surface area contributed by atoms with Crippen molar-refractivity contribution in [1.82, 2.24) is 9.55 Å². The van der Waals surface area contributed by atoms with Crippen LogP contribution in [0.25, 0.3) is 0 Å². The zero-order valence-corrected chi connectivity index (χ0v) is 8.71. The summed E-state index contributed by atoms with van der Waals surface area (Å²) in [7, 11) is 0. The Morgan fingerprint density at radius 1 is 1.60 bits per heavy atom. The highest BCUT2D eigenvalue weighted by atomic mass is 32.2. The summed E-state index contributed by atoms with van der Waals surface area (Å²) in [6.45, 7) is 0.313. The maximum absolute atomic E-state index is 11.2. The molecule has 1 heterocycles. The van der Waals surface area contributed by atoms with E-state index in [2.05, 4.69) is 10.9 Å². The fourth-order valence-electron chi connectivity index (χ4n) is 1.01. The van der Waals surface area contributed by atoms with Gasteiger partial charge in [0, 0.05) is 12.3 Å². The highest BCUT2D eigenvalue weighted by Crippen LogP contribution is 2.04. The number of hydrogen-bond donors (Lipinski definition) is 2. The van der Waals surface area contributed by atoms with E-state index in [1.807, 2.05) is 0 Å². The third-order valence-electron chi connectivity index (χ3n) is 1.66. The lowest BCUT2D eigenvalue weighted by Crippen LogP contribution is -2.29. The van der Waals surface area contributed by atoms with Crippen LogP contribution in [0.1, 0.15) is 0 Å². The largest absolute Gasteiger partial charge is 0.494 e. The number of nitrogens with zero attached hydrogens (tertiary/aromatic N) is 1. The summed E-state index contributed by atoms with van der Waals surface area (Å²) >= 11 is 1.47. The molecule has 1 aromatic heterocycles. The summed E-state index contributed by atoms with van der Waals surface area (Å²) in [6.07, 6.45) is 5.05. The Morgan fingerprint density at radius 2 is 2.33 bits per heavy atom. The molecule has 0 amide bonds. The van der Waals surface area contributed by atoms with Crippen LogP contribution in [0, 0.1) is 12.3 Å². The SMILES string of the molecule is C#CCSCCn1c(O)cc(=O)[nH]c1=O. The van der Waals surface area contributed by atoms with E-state index in [9.17, 15) is 14.7 Å². The molecule has 0 saturated carbocycles. The molecule has 0 radical (unpaired) electrons. The summed E-state index contributed by atoms with van der Waals surface area (Å²) < 4.78 is 1.09. The van der Waals surface area contributed by atoms with Gasteiger partial charge in [-0.1, -0.05) is 5.92 Å². The number of aromatic hydroxyl groups is 1. The fourth-order valence-corrected chi connectivity index (χ4v) is 1.59. The van der Waals surface area contributed by atoms with Gasteiger partial charge in [0.05, 0.1) is 11.8 Å². The van der Waals surface area contributed by atoms with Crippen molar-refractivity contribution in [1.29, 1.82) is 0 Å². The Bertz CT molecular complexity index is 483. The predicted octanol–water partition coefficient (Wildman–Crippen LogP) is -0.391. The molecule has 0 aliphatic rings. The molecule has 15 heavy (non-hydrogen) atoms. The van der Waals surface area contributed by atoms with Gasteiger partial charge in [0.15, 0.2) is 0 Å². The van der Waals surface area contributed by atoms with Crippen LogP contribution in [-0.4, -0.2) is 26.2 Å². The van der Waals surface area contributed by atoms with Gasteiger partial charge in [-0.3, -0.25) is 14.3 Å². The van der Waals surface area contributed by atoms with Gasteiger partial charge in [0.2, 0.25) is 5.88 Å². The first kappa shape index (κ1) is 11.5. The van der Waals surface area contributed by atoms with Crippen LogP contribution in [0.3, 0.4) is 0 Å². The second kappa shape index (κ2) is 5.32. The zero-order valence-electron chi connectivity index (χ0n) is 7.90. The number of hydrogen-bond acceptors (Lipinski definition) is 4. The zero-order chi connectivity index (χ0) is 11.3. The number of nitrogens with one attached hydrogen (secondary N) is 1. The Balaban J connectivity index is 2.74. The van der Waals surface area contributed by atoms with Crippen molar-refractivity contribution in [2.24, 2.45) is 0 Å². The van der Waals surface area contributed by atoms with Crippen molar-refractivity contribution < 1.29 is 5.11 Å². The van der Waals surface area contributed by atoms with Crippen molar-refractivity contribution in [3.05, 3.63) is 26.9 Å². The molecule has 1 aromatic rings. The Hall–Kier alpha value is -1.61. The van der Waals surface area contributed by atoms with Gasteiger partial charge < -0.3 is 5.11 Å². The molecule has 5 nitrogen and oxygen atoms in total. The van der Waals surface area contributed by atoms with Gasteiger partial charge in [-0.15, -0.1) is 18.2 Å². The van der Waals surface area contributed by atoms with E-state index in [0.717, 1.165) is 10.6 Å². The minimum absolute atomic E-state index is 0.313. The summed E-state index contributed by atoms with van der Waals surface area (Å²) in [5, 5.41) is 9.32. The first-order chi connectivity index (χ1) is 7.15. The summed E-state index contributed by atoms with van der Waals surface area (Å²) in [6, 6.07) is 0.966. The van der Waals surface area contributed by atoms with E-state index >= 15 is 0 Å². The van der Waals surface area contributed by atoms with E-state index in [4.69, 9.17) is 6.42 Å². The van der Waals surface area contributed by atoms with Gasteiger partial charge in [-0.05, 0) is 0 Å². The highest BCUT2D eigenvalue weighted by Gasteiger charge is 2.03. The van der Waals surface area contributed by atoms with Gasteiger partial charge >= 0.3 is 5.69 Å². The lowest BCUT2D eigenvalue weighted by molar-refractivity contribution is 0.406. The quantitative estimate of drug-likeness (QED) is 0.541. The Morgan fingerprint density at radius 3 is 2.93 bits per heavy atom. The van der Waals surface area contributed by atoms with Crippen molar-refractivity contribution in [2.75, 3.05) is 11.5 Å². The minimum Gasteiger partial charge on any atom is -0.494 e. The van der Waals surface area contributed by atoms with Crippen LogP contribution >= 0.6 is 11.8 Å². The van der Waals surface area contributed by atoms with Gasteiger partial charge in [-0.2, -0.15) is 0 Å². The van der Waals surface area contributed by atoms with Crippen LogP contribution in [0.2, 0.25) is 0 Å². The molecular formula is C9H10N2O3S. The molecule has 6 heteroatoms. The summed E-state index contributed by atoms with van der Waals surface area (Å²) in [4.78, 5) is 24.1. The molecule has 0 aliphatic heterocycles. The molecule has 1 rings (SSSR count). The van der Waals surface area contributed by atoms with Crippen LogP contribution < -0.4 is 11.2 Å². The molecule has 0 aromatic carbocycles. The lowest BCUT2D eigenvalue weighted by Gasteiger charge is -2.05. The summed E-state index contributed by atoms with van der Waals surface area (Å²) in [5.41, 5.74) is -1.22. The number of rotatable bonds is 4. The van der Waals surface area contributed by atoms with Crippen molar-refractivity contribution >= 4 is 11.8 Å². The fraction of sp³-hybridized carbons (Fsp3) is 0.333. The van der Waals surface area contributed by atoms with E-state index < -0.39 is 11.2 Å². The standard InChI is InChI=1S/C9H10N2O3S/c1-2-4-15-5-3-11-8(13)6-7(12)10-9(11)14/h1,6,13H,3-5H2,(H,10,12,14). The third kappa shape index (κ3) is 3.22. The molecule has 0 atom stereocenters. The second-order valence-electron chi connectivity index (χ2n) is 2.71. The molecular weight excluding hydrogens is 216 g/mol. The second-order valence-corrected chi connectivity index (χ2v) is 3.81. The molecule has 2 N–H and O–H groups in total. The van der Waals surface area contributed by atoms with Gasteiger partial charge in [-0.25, -0.2) is 4.79 Å². The Labute approximate surface area is 90.1 Å². The molecule has 0 bridgehead atoms. The number of thioether (sulfide) groups is 1. The Kier molecular flexibility index (Phi) is 4.06. The molecule has 80 valence electrons. The van der Waals surface area contributed by atoms with E-state index in [0.29, 0.717) is 18.1 Å². The average molecular weight is 226 g/mol. The number of aromatic amines is 1. The van der Waals surface area contributed by atoms with E-state index in [1.165, 1.54) is 11.8 Å². The van der Waals surface area contributed by atoms with E-state index in [1.54, 1.807) is 0 Å². The normalized spacial score (nSPS) is 9.80. The van der Waals surface area contributed by atoms with Crippen LogP contribution in [0.5, 0.6) is 5.88 Å². The van der Waals surface area contributed by atoms with Crippen molar-refractivity contribution in [2.45, 2.75) is 6.54 Å². The lowest BCUT2D eigenvalue weighted by atomic mass is 10.5. The van der Waals surface area contributed by atoms with Gasteiger partial charge in [0.1, 0.15) is 0 Å².